The average molecular weight is 259 g/mol. The third kappa shape index (κ3) is 2.46. The molecule has 1 saturated heterocycles. The molecule has 0 aliphatic carbocycles. The molecule has 1 unspecified atom stereocenters. The molecule has 0 spiro atoms. The molecule has 94 valence electrons. The van der Waals surface area contributed by atoms with Crippen LogP contribution in [0.5, 0.6) is 0 Å². The van der Waals surface area contributed by atoms with Crippen LogP contribution in [0.2, 0.25) is 0 Å². The Morgan fingerprint density at radius 1 is 1.65 bits per heavy atom. The van der Waals surface area contributed by atoms with Crippen LogP contribution in [0, 0.1) is 0 Å². The zero-order valence-corrected chi connectivity index (χ0v) is 10.2. The minimum atomic E-state index is -3.01. The Kier molecular flexibility index (Phi) is 3.14. The fraction of sp³-hybridized carbons (Fsp3) is 0.667. The van der Waals surface area contributed by atoms with E-state index in [0.29, 0.717) is 13.0 Å². The van der Waals surface area contributed by atoms with Gasteiger partial charge in [0.25, 0.3) is 5.91 Å². The van der Waals surface area contributed by atoms with Crippen molar-refractivity contribution in [3.8, 4) is 0 Å². The summed E-state index contributed by atoms with van der Waals surface area (Å²) in [7, 11) is -3.01. The van der Waals surface area contributed by atoms with Crippen molar-refractivity contribution < 1.29 is 17.8 Å². The molecule has 1 atom stereocenters. The number of rotatable bonds is 3. The van der Waals surface area contributed by atoms with Gasteiger partial charge in [0.15, 0.2) is 15.5 Å². The molecule has 0 N–H and O–H groups in total. The van der Waals surface area contributed by atoms with Gasteiger partial charge in [-0.1, -0.05) is 5.16 Å². The fourth-order valence-electron chi connectivity index (χ4n) is 1.99. The number of aromatic nitrogens is 2. The predicted molar refractivity (Wildman–Crippen MR) is 58.1 cm³/mol. The smallest absolute Gasteiger partial charge is 0.278 e. The summed E-state index contributed by atoms with van der Waals surface area (Å²) in [5, 5.41) is 6.83. The van der Waals surface area contributed by atoms with Crippen LogP contribution in [0.25, 0.3) is 0 Å². The zero-order chi connectivity index (χ0) is 12.5. The van der Waals surface area contributed by atoms with Crippen molar-refractivity contribution in [2.24, 2.45) is 0 Å². The average Bonchev–Trinajstić information content (AvgIpc) is 2.88. The van der Waals surface area contributed by atoms with E-state index in [-0.39, 0.29) is 29.1 Å². The largest absolute Gasteiger partial charge is 0.333 e. The first-order chi connectivity index (χ1) is 8.03. The molecule has 2 rings (SSSR count). The van der Waals surface area contributed by atoms with E-state index in [2.05, 4.69) is 14.9 Å². The first kappa shape index (κ1) is 12.0. The highest BCUT2D eigenvalue weighted by Gasteiger charge is 2.34. The van der Waals surface area contributed by atoms with Crippen LogP contribution in [0.15, 0.2) is 10.8 Å². The normalized spacial score (nSPS) is 22.5. The molecule has 8 heteroatoms. The summed E-state index contributed by atoms with van der Waals surface area (Å²) >= 11 is 0. The van der Waals surface area contributed by atoms with Gasteiger partial charge in [0, 0.05) is 12.6 Å². The van der Waals surface area contributed by atoms with Crippen molar-refractivity contribution >= 4 is 15.7 Å². The second-order valence-electron chi connectivity index (χ2n) is 3.94. The highest BCUT2D eigenvalue weighted by molar-refractivity contribution is 7.91. The minimum Gasteiger partial charge on any atom is -0.333 e. The molecule has 1 aliphatic heterocycles. The van der Waals surface area contributed by atoms with Crippen molar-refractivity contribution in [2.75, 3.05) is 18.1 Å². The van der Waals surface area contributed by atoms with Crippen LogP contribution >= 0.6 is 0 Å². The first-order valence-electron chi connectivity index (χ1n) is 5.32. The Balaban J connectivity index is 2.15. The van der Waals surface area contributed by atoms with E-state index >= 15 is 0 Å². The van der Waals surface area contributed by atoms with Gasteiger partial charge in [0.05, 0.1) is 11.5 Å². The Labute approximate surface area is 98.7 Å². The van der Waals surface area contributed by atoms with E-state index < -0.39 is 9.84 Å². The van der Waals surface area contributed by atoms with Crippen LogP contribution in [0.1, 0.15) is 23.8 Å². The topological polar surface area (TPSA) is 93.4 Å². The Bertz CT molecular complexity index is 496. The summed E-state index contributed by atoms with van der Waals surface area (Å²) in [6.45, 7) is 2.24. The Hall–Kier alpha value is -1.44. The maximum atomic E-state index is 12.0. The Morgan fingerprint density at radius 2 is 2.41 bits per heavy atom. The fourth-order valence-corrected chi connectivity index (χ4v) is 3.73. The number of carbonyl (C=O) groups excluding carboxylic acids is 1. The van der Waals surface area contributed by atoms with Gasteiger partial charge in [0.1, 0.15) is 6.20 Å². The molecular formula is C9H13N3O4S. The highest BCUT2D eigenvalue weighted by atomic mass is 32.2. The van der Waals surface area contributed by atoms with Gasteiger partial charge in [-0.25, -0.2) is 13.0 Å². The number of sulfone groups is 1. The molecule has 0 bridgehead atoms. The second-order valence-corrected chi connectivity index (χ2v) is 6.17. The van der Waals surface area contributed by atoms with Gasteiger partial charge in [-0.2, -0.15) is 0 Å². The number of amides is 1. The van der Waals surface area contributed by atoms with Gasteiger partial charge >= 0.3 is 0 Å². The summed E-state index contributed by atoms with van der Waals surface area (Å²) in [5.41, 5.74) is 0.108. The third-order valence-electron chi connectivity index (χ3n) is 2.83. The number of carbonyl (C=O) groups is 1. The lowest BCUT2D eigenvalue weighted by Gasteiger charge is -2.25. The SMILES string of the molecule is CCN(C(=O)c1cnon1)C1CCS(=O)(=O)C1. The van der Waals surface area contributed by atoms with Crippen LogP contribution in [-0.2, 0) is 9.84 Å². The lowest BCUT2D eigenvalue weighted by molar-refractivity contribution is 0.0697. The van der Waals surface area contributed by atoms with E-state index in [9.17, 15) is 13.2 Å². The summed E-state index contributed by atoms with van der Waals surface area (Å²) in [4.78, 5) is 13.5. The maximum absolute atomic E-state index is 12.0. The van der Waals surface area contributed by atoms with Crippen molar-refractivity contribution in [3.05, 3.63) is 11.9 Å². The van der Waals surface area contributed by atoms with Crippen LogP contribution in [-0.4, -0.2) is 53.6 Å². The maximum Gasteiger partial charge on any atom is 0.278 e. The number of hydrogen-bond acceptors (Lipinski definition) is 6. The van der Waals surface area contributed by atoms with Gasteiger partial charge in [0.2, 0.25) is 0 Å². The Morgan fingerprint density at radius 3 is 2.88 bits per heavy atom. The summed E-state index contributed by atoms with van der Waals surface area (Å²) < 4.78 is 27.1. The molecule has 1 aromatic rings. The highest BCUT2D eigenvalue weighted by Crippen LogP contribution is 2.19. The molecule has 1 amide bonds. The van der Waals surface area contributed by atoms with Gasteiger partial charge < -0.3 is 4.90 Å². The van der Waals surface area contributed by atoms with Crippen molar-refractivity contribution in [1.29, 1.82) is 0 Å². The van der Waals surface area contributed by atoms with Gasteiger partial charge in [-0.15, -0.1) is 0 Å². The lowest BCUT2D eigenvalue weighted by atomic mass is 10.2. The number of hydrogen-bond donors (Lipinski definition) is 0. The lowest BCUT2D eigenvalue weighted by Crippen LogP contribution is -2.41. The molecule has 7 nitrogen and oxygen atoms in total. The molecule has 1 aromatic heterocycles. The molecule has 1 aliphatic rings. The molecular weight excluding hydrogens is 246 g/mol. The molecule has 0 radical (unpaired) electrons. The summed E-state index contributed by atoms with van der Waals surface area (Å²) in [5.74, 6) is -0.174. The summed E-state index contributed by atoms with van der Waals surface area (Å²) in [6, 6.07) is -0.269. The summed E-state index contributed by atoms with van der Waals surface area (Å²) in [6.07, 6.45) is 1.71. The second kappa shape index (κ2) is 4.44. The van der Waals surface area contributed by atoms with Crippen molar-refractivity contribution in [1.82, 2.24) is 15.2 Å². The van der Waals surface area contributed by atoms with Gasteiger partial charge in [-0.05, 0) is 18.5 Å². The van der Waals surface area contributed by atoms with Gasteiger partial charge in [-0.3, -0.25) is 4.79 Å². The standard InChI is InChI=1S/C9H13N3O4S/c1-2-12(7-3-4-17(14,15)6-7)9(13)8-5-10-16-11-8/h5,7H,2-4,6H2,1H3. The zero-order valence-electron chi connectivity index (χ0n) is 9.37. The van der Waals surface area contributed by atoms with E-state index in [0.717, 1.165) is 0 Å². The van der Waals surface area contributed by atoms with Crippen molar-refractivity contribution in [3.63, 3.8) is 0 Å². The predicted octanol–water partition coefficient (Wildman–Crippen LogP) is -0.281. The minimum absolute atomic E-state index is 0.0257. The van der Waals surface area contributed by atoms with E-state index in [1.807, 2.05) is 0 Å². The van der Waals surface area contributed by atoms with E-state index in [1.165, 1.54) is 11.1 Å². The van der Waals surface area contributed by atoms with E-state index in [4.69, 9.17) is 0 Å². The van der Waals surface area contributed by atoms with Crippen LogP contribution in [0.4, 0.5) is 0 Å². The van der Waals surface area contributed by atoms with Crippen molar-refractivity contribution in [2.45, 2.75) is 19.4 Å². The molecule has 17 heavy (non-hydrogen) atoms. The van der Waals surface area contributed by atoms with E-state index in [1.54, 1.807) is 6.92 Å². The molecule has 2 heterocycles. The van der Waals surface area contributed by atoms with Crippen LogP contribution < -0.4 is 0 Å². The monoisotopic (exact) mass is 259 g/mol. The molecule has 0 saturated carbocycles. The third-order valence-corrected chi connectivity index (χ3v) is 4.58. The molecule has 1 fully saturated rings. The molecule has 0 aromatic carbocycles. The van der Waals surface area contributed by atoms with Crippen LogP contribution in [0.3, 0.4) is 0 Å². The quantitative estimate of drug-likeness (QED) is 0.741. The first-order valence-corrected chi connectivity index (χ1v) is 7.14. The number of nitrogens with zero attached hydrogens (tertiary/aromatic N) is 3.